The van der Waals surface area contributed by atoms with Crippen LogP contribution in [-0.2, 0) is 14.8 Å². The van der Waals surface area contributed by atoms with Crippen molar-refractivity contribution in [2.75, 3.05) is 52.3 Å². The number of methoxy groups -OCH3 is 1. The molecule has 0 bridgehead atoms. The topological polar surface area (TPSA) is 92.3 Å². The number of sulfonamides is 1. The van der Waals surface area contributed by atoms with Gasteiger partial charge in [-0.2, -0.15) is 4.31 Å². The largest absolute Gasteiger partial charge is 0.497 e. The lowest BCUT2D eigenvalue weighted by atomic mass is 10.2. The van der Waals surface area contributed by atoms with Gasteiger partial charge in [0.2, 0.25) is 15.9 Å². The summed E-state index contributed by atoms with van der Waals surface area (Å²) in [6, 6.07) is 11.2. The van der Waals surface area contributed by atoms with Crippen molar-refractivity contribution in [2.45, 2.75) is 30.7 Å². The van der Waals surface area contributed by atoms with E-state index in [0.29, 0.717) is 61.2 Å². The van der Waals surface area contributed by atoms with Crippen molar-refractivity contribution < 1.29 is 22.7 Å². The Morgan fingerprint density at radius 2 is 1.92 bits per heavy atom. The summed E-state index contributed by atoms with van der Waals surface area (Å²) in [5, 5.41) is 0.540. The molecule has 36 heavy (non-hydrogen) atoms. The van der Waals surface area contributed by atoms with Gasteiger partial charge in [0.25, 0.3) is 0 Å². The van der Waals surface area contributed by atoms with Crippen LogP contribution in [0.2, 0.25) is 0 Å². The first-order chi connectivity index (χ1) is 17.3. The molecule has 9 nitrogen and oxygen atoms in total. The molecule has 1 fully saturated rings. The summed E-state index contributed by atoms with van der Waals surface area (Å²) in [7, 11) is 1.54. The second-order valence-corrected chi connectivity index (χ2v) is 11.7. The molecule has 1 unspecified atom stereocenters. The highest BCUT2D eigenvalue weighted by Crippen LogP contribution is 2.36. The van der Waals surface area contributed by atoms with Gasteiger partial charge >= 0.3 is 0 Å². The van der Waals surface area contributed by atoms with Gasteiger partial charge in [0.1, 0.15) is 23.1 Å². The molecule has 1 aromatic heterocycles. The Hall–Kier alpha value is -2.73. The molecule has 3 aromatic rings. The summed E-state index contributed by atoms with van der Waals surface area (Å²) >= 11 is 1.41. The van der Waals surface area contributed by atoms with E-state index in [-0.39, 0.29) is 10.8 Å². The third kappa shape index (κ3) is 5.34. The fourth-order valence-corrected chi connectivity index (χ4v) is 6.90. The second kappa shape index (κ2) is 11.1. The van der Waals surface area contributed by atoms with Crippen molar-refractivity contribution in [3.63, 3.8) is 0 Å². The zero-order chi connectivity index (χ0) is 25.9. The molecule has 1 aliphatic rings. The number of para-hydroxylation sites is 1. The minimum absolute atomic E-state index is 0.143. The summed E-state index contributed by atoms with van der Waals surface area (Å²) in [5.74, 6) is 0.977. The highest BCUT2D eigenvalue weighted by atomic mass is 32.2. The molecule has 2 heterocycles. The van der Waals surface area contributed by atoms with Crippen LogP contribution in [0.4, 0.5) is 5.13 Å². The van der Waals surface area contributed by atoms with E-state index in [2.05, 4.69) is 0 Å². The molecule has 0 aliphatic carbocycles. The molecule has 4 rings (SSSR count). The Labute approximate surface area is 216 Å². The van der Waals surface area contributed by atoms with Crippen molar-refractivity contribution in [2.24, 2.45) is 0 Å². The van der Waals surface area contributed by atoms with E-state index < -0.39 is 16.1 Å². The van der Waals surface area contributed by atoms with E-state index in [1.54, 1.807) is 17.0 Å². The van der Waals surface area contributed by atoms with Gasteiger partial charge in [0.05, 0.1) is 23.3 Å². The monoisotopic (exact) mass is 532 g/mol. The number of thiazole rings is 1. The van der Waals surface area contributed by atoms with E-state index in [1.807, 2.05) is 44.1 Å². The molecule has 2 aromatic carbocycles. The van der Waals surface area contributed by atoms with Crippen LogP contribution in [0.25, 0.3) is 10.2 Å². The number of fused-ring (bicyclic) bond motifs is 1. The predicted molar refractivity (Wildman–Crippen MR) is 142 cm³/mol. The zero-order valence-electron chi connectivity index (χ0n) is 21.0. The quantitative estimate of drug-likeness (QED) is 0.395. The highest BCUT2D eigenvalue weighted by Gasteiger charge is 2.42. The summed E-state index contributed by atoms with van der Waals surface area (Å²) < 4.78 is 40.1. The Kier molecular flexibility index (Phi) is 8.13. The number of carbonyl (C=O) groups is 1. The van der Waals surface area contributed by atoms with Crippen LogP contribution in [0.1, 0.15) is 19.8 Å². The fourth-order valence-electron chi connectivity index (χ4n) is 4.24. The SMILES string of the molecule is CCOc1cccc2sc(N(CCN(C)C)C(=O)C3CCCN3S(=O)(=O)c3ccc(OC)cc3)nc12. The summed E-state index contributed by atoms with van der Waals surface area (Å²) in [6.07, 6.45) is 1.07. The normalized spacial score (nSPS) is 16.5. The number of ether oxygens (including phenoxy) is 2. The van der Waals surface area contributed by atoms with Crippen LogP contribution in [0, 0.1) is 0 Å². The van der Waals surface area contributed by atoms with Crippen molar-refractivity contribution in [1.29, 1.82) is 0 Å². The second-order valence-electron chi connectivity index (χ2n) is 8.77. The Balaban J connectivity index is 1.67. The number of carbonyl (C=O) groups excluding carboxylic acids is 1. The number of hydrogen-bond donors (Lipinski definition) is 0. The third-order valence-electron chi connectivity index (χ3n) is 6.09. The molecule has 1 amide bonds. The first-order valence-electron chi connectivity index (χ1n) is 11.9. The number of anilines is 1. The van der Waals surface area contributed by atoms with Crippen LogP contribution in [-0.4, -0.2) is 82.0 Å². The maximum Gasteiger partial charge on any atom is 0.247 e. The summed E-state index contributed by atoms with van der Waals surface area (Å²) in [6.45, 7) is 3.72. The molecular formula is C25H32N4O5S2. The van der Waals surface area contributed by atoms with Gasteiger partial charge in [0, 0.05) is 19.6 Å². The van der Waals surface area contributed by atoms with Gasteiger partial charge in [-0.1, -0.05) is 17.4 Å². The van der Waals surface area contributed by atoms with E-state index in [4.69, 9.17) is 14.5 Å². The van der Waals surface area contributed by atoms with Gasteiger partial charge < -0.3 is 14.4 Å². The highest BCUT2D eigenvalue weighted by molar-refractivity contribution is 7.89. The van der Waals surface area contributed by atoms with Crippen LogP contribution >= 0.6 is 11.3 Å². The molecule has 0 radical (unpaired) electrons. The lowest BCUT2D eigenvalue weighted by molar-refractivity contribution is -0.121. The lowest BCUT2D eigenvalue weighted by Crippen LogP contribution is -2.49. The zero-order valence-corrected chi connectivity index (χ0v) is 22.6. The maximum atomic E-state index is 14.0. The lowest BCUT2D eigenvalue weighted by Gasteiger charge is -2.29. The van der Waals surface area contributed by atoms with E-state index in [0.717, 1.165) is 4.70 Å². The molecule has 0 spiro atoms. The van der Waals surface area contributed by atoms with E-state index in [1.165, 1.54) is 34.9 Å². The molecule has 1 saturated heterocycles. The predicted octanol–water partition coefficient (Wildman–Crippen LogP) is 3.45. The molecule has 1 atom stereocenters. The standard InChI is InChI=1S/C25H32N4O5S2/c1-5-34-21-9-6-10-22-23(21)26-25(35-22)28(17-16-27(2)3)24(30)20-8-7-15-29(20)36(31,32)19-13-11-18(33-4)12-14-19/h6,9-14,20H,5,7-8,15-17H2,1-4H3. The number of amides is 1. The van der Waals surface area contributed by atoms with Crippen LogP contribution < -0.4 is 14.4 Å². The Morgan fingerprint density at radius 3 is 2.58 bits per heavy atom. The van der Waals surface area contributed by atoms with Gasteiger partial charge in [-0.3, -0.25) is 9.69 Å². The van der Waals surface area contributed by atoms with Crippen molar-refractivity contribution >= 4 is 42.6 Å². The number of hydrogen-bond acceptors (Lipinski definition) is 8. The number of benzene rings is 2. The van der Waals surface area contributed by atoms with Gasteiger partial charge in [-0.05, 0) is 70.3 Å². The molecule has 0 N–H and O–H groups in total. The average molecular weight is 533 g/mol. The van der Waals surface area contributed by atoms with Crippen LogP contribution in [0.3, 0.4) is 0 Å². The molecule has 11 heteroatoms. The summed E-state index contributed by atoms with van der Waals surface area (Å²) in [4.78, 5) is 22.5. The van der Waals surface area contributed by atoms with Crippen LogP contribution in [0.5, 0.6) is 11.5 Å². The van der Waals surface area contributed by atoms with Gasteiger partial charge in [-0.25, -0.2) is 13.4 Å². The minimum atomic E-state index is -3.86. The van der Waals surface area contributed by atoms with E-state index >= 15 is 0 Å². The van der Waals surface area contributed by atoms with Gasteiger partial charge in [-0.15, -0.1) is 0 Å². The smallest absolute Gasteiger partial charge is 0.247 e. The van der Waals surface area contributed by atoms with E-state index in [9.17, 15) is 13.2 Å². The minimum Gasteiger partial charge on any atom is -0.497 e. The number of likely N-dealkylation sites (N-methyl/N-ethyl adjacent to an activating group) is 1. The van der Waals surface area contributed by atoms with Crippen molar-refractivity contribution in [3.05, 3.63) is 42.5 Å². The van der Waals surface area contributed by atoms with Crippen LogP contribution in [0.15, 0.2) is 47.4 Å². The maximum absolute atomic E-state index is 14.0. The Morgan fingerprint density at radius 1 is 1.17 bits per heavy atom. The number of rotatable bonds is 10. The third-order valence-corrected chi connectivity index (χ3v) is 9.06. The average Bonchev–Trinajstić information content (AvgIpc) is 3.53. The van der Waals surface area contributed by atoms with Gasteiger partial charge in [0.15, 0.2) is 5.13 Å². The number of nitrogens with zero attached hydrogens (tertiary/aromatic N) is 4. The fraction of sp³-hybridized carbons (Fsp3) is 0.440. The Bertz CT molecular complexity index is 1310. The molecule has 0 saturated carbocycles. The number of aromatic nitrogens is 1. The molecular weight excluding hydrogens is 500 g/mol. The van der Waals surface area contributed by atoms with Crippen molar-refractivity contribution in [1.82, 2.24) is 14.2 Å². The van der Waals surface area contributed by atoms with Crippen molar-refractivity contribution in [3.8, 4) is 11.5 Å². The molecule has 1 aliphatic heterocycles. The first kappa shape index (κ1) is 26.3. The summed E-state index contributed by atoms with van der Waals surface area (Å²) in [5.41, 5.74) is 0.705. The molecule has 194 valence electrons. The first-order valence-corrected chi connectivity index (χ1v) is 14.2.